The normalized spacial score (nSPS) is 14.2. The van der Waals surface area contributed by atoms with E-state index in [0.717, 1.165) is 12.8 Å². The highest BCUT2D eigenvalue weighted by Gasteiger charge is 2.25. The first-order valence-corrected chi connectivity index (χ1v) is 5.44. The molecule has 0 heterocycles. The van der Waals surface area contributed by atoms with Crippen molar-refractivity contribution in [2.24, 2.45) is 5.73 Å². The Morgan fingerprint density at radius 3 is 2.65 bits per heavy atom. The summed E-state index contributed by atoms with van der Waals surface area (Å²) in [6.45, 7) is 0. The lowest BCUT2D eigenvalue weighted by Gasteiger charge is -2.10. The van der Waals surface area contributed by atoms with Gasteiger partial charge >= 0.3 is 0 Å². The van der Waals surface area contributed by atoms with Gasteiger partial charge in [0, 0.05) is 12.6 Å². The van der Waals surface area contributed by atoms with Crippen LogP contribution in [0.15, 0.2) is 18.2 Å². The SMILES string of the molecule is CNC(=O)c1ccc(C(N)=O)c(OC2CC2)c1. The monoisotopic (exact) mass is 234 g/mol. The highest BCUT2D eigenvalue weighted by atomic mass is 16.5. The van der Waals surface area contributed by atoms with Crippen LogP contribution >= 0.6 is 0 Å². The summed E-state index contributed by atoms with van der Waals surface area (Å²) >= 11 is 0. The second-order valence-electron chi connectivity index (χ2n) is 3.97. The number of ether oxygens (including phenoxy) is 1. The van der Waals surface area contributed by atoms with E-state index >= 15 is 0 Å². The van der Waals surface area contributed by atoms with E-state index in [0.29, 0.717) is 16.9 Å². The molecule has 17 heavy (non-hydrogen) atoms. The Balaban J connectivity index is 2.34. The average molecular weight is 234 g/mol. The van der Waals surface area contributed by atoms with Gasteiger partial charge in [-0.25, -0.2) is 0 Å². The van der Waals surface area contributed by atoms with E-state index < -0.39 is 5.91 Å². The number of hydrogen-bond donors (Lipinski definition) is 2. The van der Waals surface area contributed by atoms with E-state index in [1.807, 2.05) is 0 Å². The van der Waals surface area contributed by atoms with Crippen LogP contribution in [0.25, 0.3) is 0 Å². The number of carbonyl (C=O) groups is 2. The number of hydrogen-bond acceptors (Lipinski definition) is 3. The Labute approximate surface area is 98.9 Å². The number of nitrogens with two attached hydrogens (primary N) is 1. The number of amides is 2. The van der Waals surface area contributed by atoms with Gasteiger partial charge in [-0.15, -0.1) is 0 Å². The van der Waals surface area contributed by atoms with Gasteiger partial charge < -0.3 is 15.8 Å². The maximum Gasteiger partial charge on any atom is 0.252 e. The van der Waals surface area contributed by atoms with E-state index in [9.17, 15) is 9.59 Å². The van der Waals surface area contributed by atoms with Crippen LogP contribution < -0.4 is 15.8 Å². The lowest BCUT2D eigenvalue weighted by Crippen LogP contribution is -2.19. The summed E-state index contributed by atoms with van der Waals surface area (Å²) < 4.78 is 5.57. The zero-order chi connectivity index (χ0) is 12.4. The minimum atomic E-state index is -0.552. The Bertz CT molecular complexity index is 467. The molecule has 1 aliphatic rings. The summed E-state index contributed by atoms with van der Waals surface area (Å²) in [6, 6.07) is 4.63. The summed E-state index contributed by atoms with van der Waals surface area (Å²) in [5.41, 5.74) is 6.01. The van der Waals surface area contributed by atoms with E-state index in [-0.39, 0.29) is 12.0 Å². The van der Waals surface area contributed by atoms with Crippen molar-refractivity contribution in [2.75, 3.05) is 7.05 Å². The fourth-order valence-corrected chi connectivity index (χ4v) is 1.47. The van der Waals surface area contributed by atoms with Crippen molar-refractivity contribution in [3.8, 4) is 5.75 Å². The number of primary amides is 1. The third-order valence-electron chi connectivity index (χ3n) is 2.55. The van der Waals surface area contributed by atoms with Gasteiger partial charge in [0.05, 0.1) is 11.7 Å². The molecule has 1 aromatic carbocycles. The summed E-state index contributed by atoms with van der Waals surface area (Å²) in [4.78, 5) is 22.7. The van der Waals surface area contributed by atoms with Crippen LogP contribution in [0.5, 0.6) is 5.75 Å². The maximum atomic E-state index is 11.5. The molecular weight excluding hydrogens is 220 g/mol. The van der Waals surface area contributed by atoms with Gasteiger partial charge in [-0.05, 0) is 31.0 Å². The van der Waals surface area contributed by atoms with Gasteiger partial charge in [0.2, 0.25) is 0 Å². The summed E-state index contributed by atoms with van der Waals surface area (Å²) in [6.07, 6.45) is 2.10. The lowest BCUT2D eigenvalue weighted by atomic mass is 10.1. The fraction of sp³-hybridized carbons (Fsp3) is 0.333. The molecule has 1 fully saturated rings. The summed E-state index contributed by atoms with van der Waals surface area (Å²) in [5.74, 6) is -0.383. The Morgan fingerprint density at radius 1 is 1.41 bits per heavy atom. The molecule has 0 aliphatic heterocycles. The fourth-order valence-electron chi connectivity index (χ4n) is 1.47. The number of benzene rings is 1. The third-order valence-corrected chi connectivity index (χ3v) is 2.55. The third kappa shape index (κ3) is 2.55. The average Bonchev–Trinajstić information content (AvgIpc) is 3.11. The maximum absolute atomic E-state index is 11.5. The van der Waals surface area contributed by atoms with Gasteiger partial charge in [0.15, 0.2) is 0 Å². The van der Waals surface area contributed by atoms with Gasteiger partial charge in [0.25, 0.3) is 11.8 Å². The molecule has 0 saturated heterocycles. The molecule has 5 nitrogen and oxygen atoms in total. The molecule has 5 heteroatoms. The van der Waals surface area contributed by atoms with Crippen LogP contribution in [0.2, 0.25) is 0 Å². The first-order valence-electron chi connectivity index (χ1n) is 5.44. The molecule has 3 N–H and O–H groups in total. The lowest BCUT2D eigenvalue weighted by molar-refractivity contribution is 0.0958. The minimum absolute atomic E-state index is 0.146. The molecule has 90 valence electrons. The topological polar surface area (TPSA) is 81.4 Å². The quantitative estimate of drug-likeness (QED) is 0.804. The van der Waals surface area contributed by atoms with Crippen molar-refractivity contribution in [3.05, 3.63) is 29.3 Å². The molecule has 1 saturated carbocycles. The van der Waals surface area contributed by atoms with Crippen LogP contribution in [0.4, 0.5) is 0 Å². The molecule has 0 spiro atoms. The first-order chi connectivity index (χ1) is 8.11. The van der Waals surface area contributed by atoms with Crippen molar-refractivity contribution in [3.63, 3.8) is 0 Å². The molecule has 1 aromatic rings. The standard InChI is InChI=1S/C12H14N2O3/c1-14-12(16)7-2-5-9(11(13)15)10(6-7)17-8-3-4-8/h2,5-6,8H,3-4H2,1H3,(H2,13,15)(H,14,16). The highest BCUT2D eigenvalue weighted by molar-refractivity contribution is 5.99. The second kappa shape index (κ2) is 4.45. The summed E-state index contributed by atoms with van der Waals surface area (Å²) in [7, 11) is 1.55. The van der Waals surface area contributed by atoms with Crippen LogP contribution in [-0.4, -0.2) is 25.0 Å². The number of carbonyl (C=O) groups excluding carboxylic acids is 2. The molecule has 0 unspecified atom stereocenters. The predicted molar refractivity (Wildman–Crippen MR) is 62.0 cm³/mol. The minimum Gasteiger partial charge on any atom is -0.490 e. The van der Waals surface area contributed by atoms with Gasteiger partial charge in [-0.1, -0.05) is 0 Å². The molecule has 0 atom stereocenters. The van der Waals surface area contributed by atoms with Crippen LogP contribution in [0.3, 0.4) is 0 Å². The molecule has 1 aliphatic carbocycles. The van der Waals surface area contributed by atoms with Crippen LogP contribution in [0.1, 0.15) is 33.6 Å². The van der Waals surface area contributed by atoms with Crippen LogP contribution in [-0.2, 0) is 0 Å². The van der Waals surface area contributed by atoms with Crippen molar-refractivity contribution in [2.45, 2.75) is 18.9 Å². The largest absolute Gasteiger partial charge is 0.490 e. The van der Waals surface area contributed by atoms with Gasteiger partial charge in [-0.3, -0.25) is 9.59 Å². The highest BCUT2D eigenvalue weighted by Crippen LogP contribution is 2.29. The van der Waals surface area contributed by atoms with Gasteiger partial charge in [0.1, 0.15) is 5.75 Å². The smallest absolute Gasteiger partial charge is 0.252 e. The molecule has 2 amide bonds. The van der Waals surface area contributed by atoms with E-state index in [1.165, 1.54) is 6.07 Å². The summed E-state index contributed by atoms with van der Waals surface area (Å²) in [5, 5.41) is 2.52. The van der Waals surface area contributed by atoms with E-state index in [1.54, 1.807) is 19.2 Å². The molecule has 0 aromatic heterocycles. The molecule has 2 rings (SSSR count). The molecule has 0 bridgehead atoms. The van der Waals surface area contributed by atoms with Crippen LogP contribution in [0, 0.1) is 0 Å². The first kappa shape index (κ1) is 11.4. The Morgan fingerprint density at radius 2 is 2.12 bits per heavy atom. The zero-order valence-corrected chi connectivity index (χ0v) is 9.53. The number of rotatable bonds is 4. The van der Waals surface area contributed by atoms with Crippen molar-refractivity contribution < 1.29 is 14.3 Å². The second-order valence-corrected chi connectivity index (χ2v) is 3.97. The number of nitrogens with one attached hydrogen (secondary N) is 1. The van der Waals surface area contributed by atoms with Crippen molar-refractivity contribution in [1.29, 1.82) is 0 Å². The Kier molecular flexibility index (Phi) is 2.99. The zero-order valence-electron chi connectivity index (χ0n) is 9.53. The van der Waals surface area contributed by atoms with Crippen molar-refractivity contribution >= 4 is 11.8 Å². The predicted octanol–water partition coefficient (Wildman–Crippen LogP) is 0.686. The van der Waals surface area contributed by atoms with E-state index in [2.05, 4.69) is 5.32 Å². The molecule has 0 radical (unpaired) electrons. The Hall–Kier alpha value is -2.04. The van der Waals surface area contributed by atoms with E-state index in [4.69, 9.17) is 10.5 Å². The molecular formula is C12H14N2O3. The van der Waals surface area contributed by atoms with Gasteiger partial charge in [-0.2, -0.15) is 0 Å². The van der Waals surface area contributed by atoms with Crippen molar-refractivity contribution in [1.82, 2.24) is 5.32 Å².